The minimum absolute atomic E-state index is 0.0488. The van der Waals surface area contributed by atoms with Gasteiger partial charge in [-0.3, -0.25) is 9.59 Å². The van der Waals surface area contributed by atoms with E-state index < -0.39 is 6.04 Å². The lowest BCUT2D eigenvalue weighted by Gasteiger charge is -2.39. The molecule has 2 N–H and O–H groups in total. The Morgan fingerprint density at radius 2 is 1.55 bits per heavy atom. The van der Waals surface area contributed by atoms with Gasteiger partial charge in [-0.05, 0) is 69.1 Å². The van der Waals surface area contributed by atoms with Crippen LogP contribution in [0.5, 0.6) is 0 Å². The number of amides is 2. The summed E-state index contributed by atoms with van der Waals surface area (Å²) in [4.78, 5) is 41.6. The van der Waals surface area contributed by atoms with Crippen molar-refractivity contribution in [2.75, 3.05) is 25.0 Å². The van der Waals surface area contributed by atoms with Crippen LogP contribution < -0.4 is 10.6 Å². The summed E-state index contributed by atoms with van der Waals surface area (Å²) in [6, 6.07) is 13.6. The maximum atomic E-state index is 13.7. The third-order valence-corrected chi connectivity index (χ3v) is 9.69. The molecule has 4 aromatic rings. The van der Waals surface area contributed by atoms with Gasteiger partial charge in [0.1, 0.15) is 24.2 Å². The Bertz CT molecular complexity index is 1650. The van der Waals surface area contributed by atoms with E-state index in [9.17, 15) is 9.59 Å². The summed E-state index contributed by atoms with van der Waals surface area (Å²) in [6.07, 6.45) is 19.9. The highest BCUT2D eigenvalue weighted by Crippen LogP contribution is 2.28. The van der Waals surface area contributed by atoms with Crippen molar-refractivity contribution in [1.29, 1.82) is 0 Å². The number of benzene rings is 1. The summed E-state index contributed by atoms with van der Waals surface area (Å²) in [5, 5.41) is 7.62. The van der Waals surface area contributed by atoms with Crippen molar-refractivity contribution in [3.63, 3.8) is 0 Å². The van der Waals surface area contributed by atoms with Gasteiger partial charge in [0.2, 0.25) is 11.8 Å². The van der Waals surface area contributed by atoms with Crippen molar-refractivity contribution in [2.24, 2.45) is 0 Å². The topological polar surface area (TPSA) is 105 Å². The lowest BCUT2D eigenvalue weighted by Crippen LogP contribution is -2.57. The molecule has 0 spiro atoms. The Morgan fingerprint density at radius 3 is 2.22 bits per heavy atom. The third kappa shape index (κ3) is 10.4. The molecule has 262 valence electrons. The molecule has 0 bridgehead atoms. The van der Waals surface area contributed by atoms with Crippen molar-refractivity contribution < 1.29 is 9.59 Å². The number of anilines is 1. The van der Waals surface area contributed by atoms with Gasteiger partial charge in [-0.25, -0.2) is 15.0 Å². The molecule has 1 atom stereocenters. The number of unbranched alkanes of at least 4 members (excludes halogenated alkanes) is 10. The summed E-state index contributed by atoms with van der Waals surface area (Å²) in [5.41, 5.74) is 4.96. The lowest BCUT2D eigenvalue weighted by atomic mass is 10.0. The highest BCUT2D eigenvalue weighted by Gasteiger charge is 2.38. The second-order valence-electron chi connectivity index (χ2n) is 13.6. The first-order valence-electron chi connectivity index (χ1n) is 18.6. The Morgan fingerprint density at radius 1 is 0.837 bits per heavy atom. The maximum Gasteiger partial charge on any atom is 0.248 e. The first-order chi connectivity index (χ1) is 23.9. The van der Waals surface area contributed by atoms with Crippen LogP contribution in [0.25, 0.3) is 22.0 Å². The number of nitrogens with one attached hydrogen (secondary N) is 2. The number of likely N-dealkylation sites (tertiary alicyclic amines) is 1. The lowest BCUT2D eigenvalue weighted by molar-refractivity contribution is -0.145. The first-order valence-corrected chi connectivity index (χ1v) is 18.6. The maximum absolute atomic E-state index is 13.7. The molecule has 0 radical (unpaired) electrons. The van der Waals surface area contributed by atoms with E-state index in [1.165, 1.54) is 70.6 Å². The first kappa shape index (κ1) is 36.2. The third-order valence-electron chi connectivity index (χ3n) is 9.69. The van der Waals surface area contributed by atoms with Crippen molar-refractivity contribution in [3.05, 3.63) is 72.1 Å². The summed E-state index contributed by atoms with van der Waals surface area (Å²) < 4.78 is 2.13. The molecule has 1 aliphatic rings. The van der Waals surface area contributed by atoms with Gasteiger partial charge < -0.3 is 20.1 Å². The Hall–Kier alpha value is -4.11. The molecule has 9 nitrogen and oxygen atoms in total. The molecule has 5 rings (SSSR count). The minimum Gasteiger partial charge on any atom is -0.335 e. The fourth-order valence-electron chi connectivity index (χ4n) is 6.71. The van der Waals surface area contributed by atoms with E-state index in [-0.39, 0.29) is 18.4 Å². The zero-order chi connectivity index (χ0) is 34.4. The van der Waals surface area contributed by atoms with Crippen LogP contribution in [0, 0.1) is 13.8 Å². The normalized spacial score (nSPS) is 14.3. The zero-order valence-corrected chi connectivity index (χ0v) is 29.8. The van der Waals surface area contributed by atoms with E-state index in [4.69, 9.17) is 0 Å². The Balaban J connectivity index is 1.17. The average molecular weight is 666 g/mol. The van der Waals surface area contributed by atoms with Gasteiger partial charge >= 0.3 is 0 Å². The van der Waals surface area contributed by atoms with Crippen LogP contribution in [0.3, 0.4) is 0 Å². The van der Waals surface area contributed by atoms with Gasteiger partial charge in [-0.15, -0.1) is 0 Å². The van der Waals surface area contributed by atoms with Gasteiger partial charge in [0.25, 0.3) is 0 Å². The van der Waals surface area contributed by atoms with E-state index in [1.54, 1.807) is 11.0 Å². The number of rotatable bonds is 20. The Kier molecular flexibility index (Phi) is 13.7. The molecule has 9 heteroatoms. The number of pyridine rings is 1. The number of hydrogen-bond donors (Lipinski definition) is 2. The summed E-state index contributed by atoms with van der Waals surface area (Å²) in [6.45, 7) is 8.66. The number of aryl methyl sites for hydroxylation is 2. The van der Waals surface area contributed by atoms with Crippen LogP contribution in [-0.2, 0) is 22.6 Å². The van der Waals surface area contributed by atoms with Gasteiger partial charge in [-0.2, -0.15) is 0 Å². The molecule has 49 heavy (non-hydrogen) atoms. The Labute approximate surface area is 292 Å². The summed E-state index contributed by atoms with van der Waals surface area (Å²) >= 11 is 0. The number of carbonyl (C=O) groups is 2. The van der Waals surface area contributed by atoms with E-state index in [1.807, 2.05) is 38.4 Å². The molecule has 0 saturated carbocycles. The van der Waals surface area contributed by atoms with Crippen molar-refractivity contribution in [2.45, 2.75) is 117 Å². The van der Waals surface area contributed by atoms with E-state index in [0.717, 1.165) is 58.8 Å². The number of nitrogens with zero attached hydrogens (tertiary/aromatic N) is 5. The summed E-state index contributed by atoms with van der Waals surface area (Å²) in [5.74, 6) is 1.02. The van der Waals surface area contributed by atoms with Gasteiger partial charge in [0.15, 0.2) is 0 Å². The van der Waals surface area contributed by atoms with E-state index in [2.05, 4.69) is 61.3 Å². The standard InChI is InChI=1S/C40H55N7O2/c1-4-5-6-7-8-9-10-11-12-13-14-22-41-23-20-35-26-33-25-32(34-27-42-31(3)43-28-34)18-19-36(33)47(35)29-39(48)46-24-21-37(46)40(49)45-38-17-15-16-30(2)44-38/h15-19,25-28,37,41H,4-14,20-24,29H2,1-3H3,(H,44,45,49)/t37-/m0/s1. The second-order valence-corrected chi connectivity index (χ2v) is 13.6. The van der Waals surface area contributed by atoms with Crippen LogP contribution >= 0.6 is 0 Å². The van der Waals surface area contributed by atoms with Crippen LogP contribution in [0.15, 0.2) is 54.9 Å². The fourth-order valence-corrected chi connectivity index (χ4v) is 6.71. The smallest absolute Gasteiger partial charge is 0.248 e. The van der Waals surface area contributed by atoms with Crippen LogP contribution in [-0.4, -0.2) is 61.9 Å². The molecule has 1 aliphatic heterocycles. The molecule has 1 fully saturated rings. The predicted molar refractivity (Wildman–Crippen MR) is 198 cm³/mol. The minimum atomic E-state index is -0.485. The molecule has 0 aliphatic carbocycles. The average Bonchev–Trinajstić information content (AvgIpc) is 3.40. The van der Waals surface area contributed by atoms with Crippen molar-refractivity contribution in [1.82, 2.24) is 29.7 Å². The molecular formula is C40H55N7O2. The highest BCUT2D eigenvalue weighted by molar-refractivity contribution is 5.98. The van der Waals surface area contributed by atoms with E-state index in [0.29, 0.717) is 18.8 Å². The quantitative estimate of drug-likeness (QED) is 0.0934. The molecule has 0 unspecified atom stereocenters. The molecule has 1 aromatic carbocycles. The predicted octanol–water partition coefficient (Wildman–Crippen LogP) is 7.79. The van der Waals surface area contributed by atoms with Gasteiger partial charge in [0.05, 0.1) is 0 Å². The molecule has 3 aromatic heterocycles. The number of fused-ring (bicyclic) bond motifs is 1. The number of carbonyl (C=O) groups excluding carboxylic acids is 2. The van der Waals surface area contributed by atoms with Crippen LogP contribution in [0.4, 0.5) is 5.82 Å². The molecule has 2 amide bonds. The fraction of sp³-hybridized carbons (Fsp3) is 0.525. The zero-order valence-electron chi connectivity index (χ0n) is 29.8. The molecule has 4 heterocycles. The van der Waals surface area contributed by atoms with Crippen LogP contribution in [0.1, 0.15) is 101 Å². The SMILES string of the molecule is CCCCCCCCCCCCCNCCc1cc2cc(-c3cnc(C)nc3)ccc2n1CC(=O)N1CC[C@H]1C(=O)Nc1cccc(C)n1. The van der Waals surface area contributed by atoms with Crippen LogP contribution in [0.2, 0.25) is 0 Å². The van der Waals surface area contributed by atoms with Gasteiger partial charge in [-0.1, -0.05) is 83.3 Å². The summed E-state index contributed by atoms with van der Waals surface area (Å²) in [7, 11) is 0. The second kappa shape index (κ2) is 18.6. The monoisotopic (exact) mass is 665 g/mol. The highest BCUT2D eigenvalue weighted by atomic mass is 16.2. The van der Waals surface area contributed by atoms with Gasteiger partial charge in [0, 0.05) is 59.8 Å². The largest absolute Gasteiger partial charge is 0.335 e. The molecule has 1 saturated heterocycles. The van der Waals surface area contributed by atoms with Crippen molar-refractivity contribution in [3.8, 4) is 11.1 Å². The molecular weight excluding hydrogens is 610 g/mol. The number of aromatic nitrogens is 4. The van der Waals surface area contributed by atoms with E-state index >= 15 is 0 Å². The number of hydrogen-bond acceptors (Lipinski definition) is 6. The van der Waals surface area contributed by atoms with Crippen molar-refractivity contribution >= 4 is 28.5 Å².